The second-order valence-electron chi connectivity index (χ2n) is 4.74. The highest BCUT2D eigenvalue weighted by molar-refractivity contribution is 7.89. The molecule has 4 nitrogen and oxygen atoms in total. The van der Waals surface area contributed by atoms with Crippen molar-refractivity contribution in [1.29, 1.82) is 0 Å². The fourth-order valence-electron chi connectivity index (χ4n) is 2.15. The van der Waals surface area contributed by atoms with Crippen molar-refractivity contribution in [2.45, 2.75) is 45.8 Å². The van der Waals surface area contributed by atoms with Crippen molar-refractivity contribution in [1.82, 2.24) is 4.31 Å². The minimum Gasteiger partial charge on any atom is -0.377 e. The van der Waals surface area contributed by atoms with Gasteiger partial charge in [-0.2, -0.15) is 4.31 Å². The molecular formula is C11H23NO3S. The molecule has 0 spiro atoms. The summed E-state index contributed by atoms with van der Waals surface area (Å²) in [5.74, 6) is 0.701. The standard InChI is InChI=1S/C11H23NO3S/c1-5-10-6-7-16(13,14)12(4)11(10)8-15-9(2)3/h9-11H,5-8H2,1-4H3. The van der Waals surface area contributed by atoms with Crippen LogP contribution in [0.15, 0.2) is 0 Å². The van der Waals surface area contributed by atoms with E-state index in [2.05, 4.69) is 6.92 Å². The Morgan fingerprint density at radius 3 is 2.56 bits per heavy atom. The summed E-state index contributed by atoms with van der Waals surface area (Å²) in [6, 6.07) is 0.00569. The summed E-state index contributed by atoms with van der Waals surface area (Å²) in [6.07, 6.45) is 1.91. The number of nitrogens with zero attached hydrogens (tertiary/aromatic N) is 1. The van der Waals surface area contributed by atoms with E-state index in [0.717, 1.165) is 12.8 Å². The highest BCUT2D eigenvalue weighted by Crippen LogP contribution is 2.27. The zero-order valence-electron chi connectivity index (χ0n) is 10.6. The fourth-order valence-corrected chi connectivity index (χ4v) is 3.68. The Hall–Kier alpha value is -0.130. The monoisotopic (exact) mass is 249 g/mol. The van der Waals surface area contributed by atoms with Crippen molar-refractivity contribution >= 4 is 10.0 Å². The Kier molecular flexibility index (Phi) is 4.76. The Labute approximate surface area is 99.0 Å². The largest absolute Gasteiger partial charge is 0.377 e. The van der Waals surface area contributed by atoms with Gasteiger partial charge < -0.3 is 4.74 Å². The van der Waals surface area contributed by atoms with Crippen LogP contribution in [0.25, 0.3) is 0 Å². The van der Waals surface area contributed by atoms with E-state index in [9.17, 15) is 8.42 Å². The van der Waals surface area contributed by atoms with E-state index in [1.165, 1.54) is 4.31 Å². The molecule has 0 radical (unpaired) electrons. The predicted octanol–water partition coefficient (Wildman–Crippen LogP) is 1.47. The number of sulfonamides is 1. The maximum absolute atomic E-state index is 11.8. The number of hydrogen-bond acceptors (Lipinski definition) is 3. The fraction of sp³-hybridized carbons (Fsp3) is 1.00. The van der Waals surface area contributed by atoms with Gasteiger partial charge in [0.25, 0.3) is 0 Å². The van der Waals surface area contributed by atoms with Crippen LogP contribution in [0.2, 0.25) is 0 Å². The SMILES string of the molecule is CCC1CCS(=O)(=O)N(C)C1COC(C)C. The van der Waals surface area contributed by atoms with Gasteiger partial charge in [-0.15, -0.1) is 0 Å². The van der Waals surface area contributed by atoms with Crippen molar-refractivity contribution in [2.24, 2.45) is 5.92 Å². The van der Waals surface area contributed by atoms with Crippen molar-refractivity contribution in [3.63, 3.8) is 0 Å². The molecule has 96 valence electrons. The van der Waals surface area contributed by atoms with Crippen LogP contribution in [-0.2, 0) is 14.8 Å². The summed E-state index contributed by atoms with van der Waals surface area (Å²) >= 11 is 0. The highest BCUT2D eigenvalue weighted by Gasteiger charge is 2.37. The zero-order chi connectivity index (χ0) is 12.3. The third kappa shape index (κ3) is 3.18. The molecule has 0 aromatic rings. The van der Waals surface area contributed by atoms with E-state index in [4.69, 9.17) is 4.74 Å². The molecule has 1 fully saturated rings. The van der Waals surface area contributed by atoms with E-state index in [0.29, 0.717) is 12.5 Å². The van der Waals surface area contributed by atoms with Crippen LogP contribution in [0, 0.1) is 5.92 Å². The van der Waals surface area contributed by atoms with Gasteiger partial charge in [0.05, 0.1) is 24.5 Å². The third-order valence-electron chi connectivity index (χ3n) is 3.32. The lowest BCUT2D eigenvalue weighted by atomic mass is 9.94. The first-order valence-electron chi connectivity index (χ1n) is 5.95. The van der Waals surface area contributed by atoms with E-state index in [-0.39, 0.29) is 17.9 Å². The molecule has 0 saturated carbocycles. The number of rotatable bonds is 4. The van der Waals surface area contributed by atoms with E-state index >= 15 is 0 Å². The first-order chi connectivity index (χ1) is 7.38. The summed E-state index contributed by atoms with van der Waals surface area (Å²) in [5, 5.41) is 0. The van der Waals surface area contributed by atoms with E-state index in [1.54, 1.807) is 7.05 Å². The molecule has 1 rings (SSSR count). The van der Waals surface area contributed by atoms with Crippen molar-refractivity contribution < 1.29 is 13.2 Å². The molecule has 0 aromatic heterocycles. The molecule has 2 atom stereocenters. The summed E-state index contributed by atoms with van der Waals surface area (Å²) in [5.41, 5.74) is 0. The Morgan fingerprint density at radius 2 is 2.06 bits per heavy atom. The number of hydrogen-bond donors (Lipinski definition) is 0. The zero-order valence-corrected chi connectivity index (χ0v) is 11.5. The Morgan fingerprint density at radius 1 is 1.44 bits per heavy atom. The van der Waals surface area contributed by atoms with Gasteiger partial charge in [0.1, 0.15) is 0 Å². The lowest BCUT2D eigenvalue weighted by Gasteiger charge is -2.38. The Balaban J connectivity index is 2.73. The molecular weight excluding hydrogens is 226 g/mol. The third-order valence-corrected chi connectivity index (χ3v) is 5.22. The summed E-state index contributed by atoms with van der Waals surface area (Å²) in [4.78, 5) is 0. The molecule has 1 aliphatic heterocycles. The van der Waals surface area contributed by atoms with Crippen LogP contribution >= 0.6 is 0 Å². The normalized spacial score (nSPS) is 30.8. The van der Waals surface area contributed by atoms with Crippen LogP contribution in [0.1, 0.15) is 33.6 Å². The second kappa shape index (κ2) is 5.47. The predicted molar refractivity (Wildman–Crippen MR) is 64.8 cm³/mol. The molecule has 0 N–H and O–H groups in total. The molecule has 2 unspecified atom stereocenters. The summed E-state index contributed by atoms with van der Waals surface area (Å²) in [7, 11) is -1.38. The van der Waals surface area contributed by atoms with Gasteiger partial charge in [-0.25, -0.2) is 8.42 Å². The number of likely N-dealkylation sites (N-methyl/N-ethyl adjacent to an activating group) is 1. The van der Waals surface area contributed by atoms with Crippen LogP contribution < -0.4 is 0 Å². The van der Waals surface area contributed by atoms with E-state index in [1.807, 2.05) is 13.8 Å². The lowest BCUT2D eigenvalue weighted by molar-refractivity contribution is 0.0278. The van der Waals surface area contributed by atoms with E-state index < -0.39 is 10.0 Å². The van der Waals surface area contributed by atoms with Gasteiger partial charge >= 0.3 is 0 Å². The molecule has 16 heavy (non-hydrogen) atoms. The van der Waals surface area contributed by atoms with Gasteiger partial charge in [0.2, 0.25) is 10.0 Å². The van der Waals surface area contributed by atoms with Gasteiger partial charge in [-0.3, -0.25) is 0 Å². The molecule has 1 heterocycles. The topological polar surface area (TPSA) is 46.6 Å². The molecule has 0 aliphatic carbocycles. The minimum atomic E-state index is -3.05. The smallest absolute Gasteiger partial charge is 0.214 e. The van der Waals surface area contributed by atoms with Crippen molar-refractivity contribution in [2.75, 3.05) is 19.4 Å². The molecule has 5 heteroatoms. The maximum Gasteiger partial charge on any atom is 0.214 e. The average Bonchev–Trinajstić information content (AvgIpc) is 2.20. The second-order valence-corrected chi connectivity index (χ2v) is 6.89. The quantitative estimate of drug-likeness (QED) is 0.758. The summed E-state index contributed by atoms with van der Waals surface area (Å²) in [6.45, 7) is 6.56. The number of ether oxygens (including phenoxy) is 1. The van der Waals surface area contributed by atoms with Gasteiger partial charge in [0, 0.05) is 7.05 Å². The van der Waals surface area contributed by atoms with Crippen molar-refractivity contribution in [3.8, 4) is 0 Å². The van der Waals surface area contributed by atoms with Crippen LogP contribution in [0.5, 0.6) is 0 Å². The maximum atomic E-state index is 11.8. The highest BCUT2D eigenvalue weighted by atomic mass is 32.2. The van der Waals surface area contributed by atoms with Gasteiger partial charge in [0.15, 0.2) is 0 Å². The molecule has 1 saturated heterocycles. The van der Waals surface area contributed by atoms with Gasteiger partial charge in [-0.1, -0.05) is 13.3 Å². The molecule has 0 aromatic carbocycles. The average molecular weight is 249 g/mol. The van der Waals surface area contributed by atoms with Gasteiger partial charge in [-0.05, 0) is 26.2 Å². The first kappa shape index (κ1) is 13.9. The molecule has 1 aliphatic rings. The first-order valence-corrected chi connectivity index (χ1v) is 7.56. The van der Waals surface area contributed by atoms with Crippen molar-refractivity contribution in [3.05, 3.63) is 0 Å². The molecule has 0 bridgehead atoms. The molecule has 0 amide bonds. The Bertz CT molecular complexity index is 313. The van der Waals surface area contributed by atoms with Crippen LogP contribution in [-0.4, -0.2) is 44.3 Å². The summed E-state index contributed by atoms with van der Waals surface area (Å²) < 4.78 is 30.6. The lowest BCUT2D eigenvalue weighted by Crippen LogP contribution is -2.50. The van der Waals surface area contributed by atoms with Crippen LogP contribution in [0.3, 0.4) is 0 Å². The minimum absolute atomic E-state index is 0.00569. The van der Waals surface area contributed by atoms with Crippen LogP contribution in [0.4, 0.5) is 0 Å².